The maximum absolute atomic E-state index is 5.60. The van der Waals surface area contributed by atoms with Gasteiger partial charge in [0.05, 0.1) is 6.61 Å². The van der Waals surface area contributed by atoms with Crippen molar-refractivity contribution in [2.24, 2.45) is 11.7 Å². The van der Waals surface area contributed by atoms with E-state index >= 15 is 0 Å². The monoisotopic (exact) mass is 207 g/mol. The Labute approximate surface area is 92.4 Å². The Morgan fingerprint density at radius 2 is 1.87 bits per heavy atom. The number of ether oxygens (including phenoxy) is 1. The maximum atomic E-state index is 5.60. The Hall–Kier alpha value is -1.02. The summed E-state index contributed by atoms with van der Waals surface area (Å²) in [4.78, 5) is 0. The van der Waals surface area contributed by atoms with E-state index in [0.717, 1.165) is 31.7 Å². The summed E-state index contributed by atoms with van der Waals surface area (Å²) in [5.41, 5.74) is 6.79. The zero-order valence-corrected chi connectivity index (χ0v) is 9.70. The van der Waals surface area contributed by atoms with E-state index < -0.39 is 0 Å². The lowest BCUT2D eigenvalue weighted by atomic mass is 10.1. The highest BCUT2D eigenvalue weighted by Gasteiger charge is 1.97. The second kappa shape index (κ2) is 6.46. The van der Waals surface area contributed by atoms with Crippen LogP contribution in [0.1, 0.15) is 25.8 Å². The van der Waals surface area contributed by atoms with Crippen LogP contribution >= 0.6 is 0 Å². The second-order valence-electron chi connectivity index (χ2n) is 4.24. The van der Waals surface area contributed by atoms with Crippen LogP contribution in [0.2, 0.25) is 0 Å². The molecule has 0 heterocycles. The van der Waals surface area contributed by atoms with E-state index in [1.165, 1.54) is 5.56 Å². The van der Waals surface area contributed by atoms with E-state index in [1.807, 2.05) is 12.1 Å². The molecule has 1 aromatic carbocycles. The summed E-state index contributed by atoms with van der Waals surface area (Å²) < 4.78 is 5.60. The van der Waals surface area contributed by atoms with Crippen molar-refractivity contribution in [2.45, 2.75) is 26.7 Å². The topological polar surface area (TPSA) is 35.2 Å². The van der Waals surface area contributed by atoms with Gasteiger partial charge in [0.25, 0.3) is 0 Å². The van der Waals surface area contributed by atoms with Gasteiger partial charge >= 0.3 is 0 Å². The van der Waals surface area contributed by atoms with E-state index in [4.69, 9.17) is 10.5 Å². The van der Waals surface area contributed by atoms with Gasteiger partial charge < -0.3 is 10.5 Å². The third kappa shape index (κ3) is 4.84. The van der Waals surface area contributed by atoms with Gasteiger partial charge in [-0.05, 0) is 43.0 Å². The molecule has 2 nitrogen and oxygen atoms in total. The fraction of sp³-hybridized carbons (Fsp3) is 0.538. The zero-order valence-electron chi connectivity index (χ0n) is 9.70. The fourth-order valence-electron chi connectivity index (χ4n) is 1.32. The molecule has 0 aliphatic heterocycles. The van der Waals surface area contributed by atoms with Crippen molar-refractivity contribution < 1.29 is 4.74 Å². The number of aryl methyl sites for hydroxylation is 1. The molecular weight excluding hydrogens is 186 g/mol. The highest BCUT2D eigenvalue weighted by atomic mass is 16.5. The summed E-state index contributed by atoms with van der Waals surface area (Å²) in [6.45, 7) is 5.83. The van der Waals surface area contributed by atoms with Crippen LogP contribution in [0.15, 0.2) is 24.3 Å². The molecule has 0 radical (unpaired) electrons. The van der Waals surface area contributed by atoms with Crippen molar-refractivity contribution in [3.05, 3.63) is 29.8 Å². The van der Waals surface area contributed by atoms with Crippen LogP contribution in [0, 0.1) is 5.92 Å². The molecule has 0 saturated carbocycles. The van der Waals surface area contributed by atoms with Gasteiger partial charge in [0.2, 0.25) is 0 Å². The first-order valence-electron chi connectivity index (χ1n) is 5.64. The summed E-state index contributed by atoms with van der Waals surface area (Å²) in [6, 6.07) is 8.30. The predicted octanol–water partition coefficient (Wildman–Crippen LogP) is 2.61. The summed E-state index contributed by atoms with van der Waals surface area (Å²) in [5.74, 6) is 1.53. The molecule has 0 aliphatic rings. The minimum Gasteiger partial charge on any atom is -0.493 e. The van der Waals surface area contributed by atoms with Crippen LogP contribution in [0.3, 0.4) is 0 Å². The molecule has 0 aliphatic carbocycles. The van der Waals surface area contributed by atoms with Gasteiger partial charge in [0, 0.05) is 0 Å². The summed E-state index contributed by atoms with van der Waals surface area (Å²) >= 11 is 0. The molecule has 2 N–H and O–H groups in total. The average molecular weight is 207 g/mol. The Morgan fingerprint density at radius 1 is 1.20 bits per heavy atom. The first-order chi connectivity index (χ1) is 7.22. The zero-order chi connectivity index (χ0) is 11.1. The summed E-state index contributed by atoms with van der Waals surface area (Å²) in [5, 5.41) is 0. The van der Waals surface area contributed by atoms with Gasteiger partial charge in [-0.25, -0.2) is 0 Å². The normalized spacial score (nSPS) is 10.7. The van der Waals surface area contributed by atoms with Gasteiger partial charge in [-0.2, -0.15) is 0 Å². The van der Waals surface area contributed by atoms with Crippen molar-refractivity contribution in [3.63, 3.8) is 0 Å². The molecule has 0 amide bonds. The Balaban J connectivity index is 2.41. The average Bonchev–Trinajstić information content (AvgIpc) is 2.25. The molecular formula is C13H21NO. The largest absolute Gasteiger partial charge is 0.493 e. The van der Waals surface area contributed by atoms with E-state index in [-0.39, 0.29) is 0 Å². The SMILES string of the molecule is CC(C)COc1ccc(CCCN)cc1. The van der Waals surface area contributed by atoms with Crippen LogP contribution in [-0.2, 0) is 6.42 Å². The van der Waals surface area contributed by atoms with Crippen molar-refractivity contribution in [1.29, 1.82) is 0 Å². The Bertz CT molecular complexity index is 266. The van der Waals surface area contributed by atoms with Crippen molar-refractivity contribution in [3.8, 4) is 5.75 Å². The number of hydrogen-bond donors (Lipinski definition) is 1. The molecule has 2 heteroatoms. The van der Waals surface area contributed by atoms with Crippen LogP contribution in [0.5, 0.6) is 5.75 Å². The van der Waals surface area contributed by atoms with Crippen molar-refractivity contribution in [2.75, 3.05) is 13.2 Å². The molecule has 0 saturated heterocycles. The molecule has 15 heavy (non-hydrogen) atoms. The predicted molar refractivity (Wildman–Crippen MR) is 64.2 cm³/mol. The van der Waals surface area contributed by atoms with Crippen LogP contribution in [-0.4, -0.2) is 13.2 Å². The van der Waals surface area contributed by atoms with Gasteiger partial charge in [0.15, 0.2) is 0 Å². The van der Waals surface area contributed by atoms with Crippen molar-refractivity contribution in [1.82, 2.24) is 0 Å². The molecule has 0 bridgehead atoms. The van der Waals surface area contributed by atoms with E-state index in [2.05, 4.69) is 26.0 Å². The van der Waals surface area contributed by atoms with Gasteiger partial charge in [-0.15, -0.1) is 0 Å². The first-order valence-corrected chi connectivity index (χ1v) is 5.64. The summed E-state index contributed by atoms with van der Waals surface area (Å²) in [6.07, 6.45) is 2.10. The number of rotatable bonds is 6. The van der Waals surface area contributed by atoms with E-state index in [0.29, 0.717) is 5.92 Å². The lowest BCUT2D eigenvalue weighted by Crippen LogP contribution is -2.04. The standard InChI is InChI=1S/C13H21NO/c1-11(2)10-15-13-7-5-12(6-8-13)4-3-9-14/h5-8,11H,3-4,9-10,14H2,1-2H3. The lowest BCUT2D eigenvalue weighted by Gasteiger charge is -2.09. The van der Waals surface area contributed by atoms with Gasteiger partial charge in [0.1, 0.15) is 5.75 Å². The molecule has 1 aromatic rings. The molecule has 0 spiro atoms. The maximum Gasteiger partial charge on any atom is 0.119 e. The Kier molecular flexibility index (Phi) is 5.19. The number of benzene rings is 1. The third-order valence-electron chi connectivity index (χ3n) is 2.18. The van der Waals surface area contributed by atoms with Gasteiger partial charge in [-0.1, -0.05) is 26.0 Å². The Morgan fingerprint density at radius 3 is 2.40 bits per heavy atom. The second-order valence-corrected chi connectivity index (χ2v) is 4.24. The minimum atomic E-state index is 0.571. The number of nitrogens with two attached hydrogens (primary N) is 1. The number of hydrogen-bond acceptors (Lipinski definition) is 2. The highest BCUT2D eigenvalue weighted by Crippen LogP contribution is 2.14. The lowest BCUT2D eigenvalue weighted by molar-refractivity contribution is 0.271. The van der Waals surface area contributed by atoms with Crippen LogP contribution < -0.4 is 10.5 Å². The van der Waals surface area contributed by atoms with Crippen LogP contribution in [0.25, 0.3) is 0 Å². The molecule has 0 atom stereocenters. The smallest absolute Gasteiger partial charge is 0.119 e. The highest BCUT2D eigenvalue weighted by molar-refractivity contribution is 5.27. The van der Waals surface area contributed by atoms with E-state index in [1.54, 1.807) is 0 Å². The van der Waals surface area contributed by atoms with E-state index in [9.17, 15) is 0 Å². The van der Waals surface area contributed by atoms with Crippen molar-refractivity contribution >= 4 is 0 Å². The van der Waals surface area contributed by atoms with Crippen LogP contribution in [0.4, 0.5) is 0 Å². The fourth-order valence-corrected chi connectivity index (χ4v) is 1.32. The summed E-state index contributed by atoms with van der Waals surface area (Å²) in [7, 11) is 0. The quantitative estimate of drug-likeness (QED) is 0.778. The first kappa shape index (κ1) is 12.1. The molecule has 84 valence electrons. The molecule has 1 rings (SSSR count). The minimum absolute atomic E-state index is 0.571. The molecule has 0 aromatic heterocycles. The molecule has 0 unspecified atom stereocenters. The molecule has 0 fully saturated rings. The van der Waals surface area contributed by atoms with Gasteiger partial charge in [-0.3, -0.25) is 0 Å². The third-order valence-corrected chi connectivity index (χ3v) is 2.18.